The number of rotatable bonds is 5. The predicted molar refractivity (Wildman–Crippen MR) is 97.6 cm³/mol. The van der Waals surface area contributed by atoms with E-state index in [2.05, 4.69) is 29.2 Å². The van der Waals surface area contributed by atoms with Crippen molar-refractivity contribution in [2.24, 2.45) is 5.92 Å². The normalized spacial score (nSPS) is 11.0. The number of nitrogens with zero attached hydrogens (tertiary/aromatic N) is 3. The number of thiazole rings is 1. The Morgan fingerprint density at radius 1 is 1.38 bits per heavy atom. The van der Waals surface area contributed by atoms with Crippen LogP contribution in [0.15, 0.2) is 41.9 Å². The van der Waals surface area contributed by atoms with Crippen LogP contribution >= 0.6 is 22.9 Å². The van der Waals surface area contributed by atoms with Gasteiger partial charge in [-0.15, -0.1) is 11.3 Å². The van der Waals surface area contributed by atoms with Crippen molar-refractivity contribution in [3.63, 3.8) is 0 Å². The highest BCUT2D eigenvalue weighted by Gasteiger charge is 2.14. The summed E-state index contributed by atoms with van der Waals surface area (Å²) in [6, 6.07) is 9.21. The van der Waals surface area contributed by atoms with Gasteiger partial charge in [0.2, 0.25) is 0 Å². The molecule has 0 unspecified atom stereocenters. The first-order chi connectivity index (χ1) is 11.5. The van der Waals surface area contributed by atoms with Gasteiger partial charge >= 0.3 is 0 Å². The van der Waals surface area contributed by atoms with Gasteiger partial charge in [0.15, 0.2) is 0 Å². The summed E-state index contributed by atoms with van der Waals surface area (Å²) in [5.41, 5.74) is 1.28. The third-order valence-electron chi connectivity index (χ3n) is 3.30. The summed E-state index contributed by atoms with van der Waals surface area (Å²) < 4.78 is 1.78. The Balaban J connectivity index is 1.76. The number of halogens is 1. The molecule has 5 nitrogen and oxygen atoms in total. The molecule has 2 aromatic heterocycles. The van der Waals surface area contributed by atoms with Gasteiger partial charge in [-0.25, -0.2) is 9.67 Å². The first-order valence-corrected chi connectivity index (χ1v) is 8.83. The van der Waals surface area contributed by atoms with Gasteiger partial charge in [-0.05, 0) is 18.1 Å². The van der Waals surface area contributed by atoms with Crippen molar-refractivity contribution in [2.75, 3.05) is 5.32 Å². The molecule has 124 valence electrons. The van der Waals surface area contributed by atoms with Gasteiger partial charge in [-0.3, -0.25) is 4.79 Å². The summed E-state index contributed by atoms with van der Waals surface area (Å²) in [5.74, 6) is 0.866. The maximum Gasteiger partial charge on any atom is 0.276 e. The second kappa shape index (κ2) is 7.15. The molecule has 1 amide bonds. The zero-order chi connectivity index (χ0) is 17.1. The molecule has 0 fully saturated rings. The number of carbonyl (C=O) groups is 1. The molecule has 0 bridgehead atoms. The zero-order valence-corrected chi connectivity index (χ0v) is 14.9. The molecule has 3 aromatic rings. The maximum atomic E-state index is 12.4. The lowest BCUT2D eigenvalue weighted by molar-refractivity contribution is 0.102. The second-order valence-electron chi connectivity index (χ2n) is 5.79. The molecule has 0 atom stereocenters. The highest BCUT2D eigenvalue weighted by Crippen LogP contribution is 2.26. The highest BCUT2D eigenvalue weighted by molar-refractivity contribution is 7.13. The Morgan fingerprint density at radius 3 is 2.96 bits per heavy atom. The molecule has 1 N–H and O–H groups in total. The molecule has 0 radical (unpaired) electrons. The number of benzene rings is 1. The molecule has 3 rings (SSSR count). The van der Waals surface area contributed by atoms with Crippen molar-refractivity contribution in [3.8, 4) is 10.6 Å². The van der Waals surface area contributed by atoms with Crippen LogP contribution in [0.4, 0.5) is 5.82 Å². The molecule has 2 heterocycles. The fraction of sp³-hybridized carbons (Fsp3) is 0.235. The molecular weight excluding hydrogens is 344 g/mol. The van der Waals surface area contributed by atoms with E-state index in [1.54, 1.807) is 22.3 Å². The van der Waals surface area contributed by atoms with E-state index >= 15 is 0 Å². The van der Waals surface area contributed by atoms with Crippen LogP contribution < -0.4 is 5.32 Å². The molecule has 0 aliphatic heterocycles. The fourth-order valence-electron chi connectivity index (χ4n) is 2.24. The monoisotopic (exact) mass is 360 g/mol. The third-order valence-corrected chi connectivity index (χ3v) is 4.43. The number of anilines is 1. The molecule has 7 heteroatoms. The number of amides is 1. The zero-order valence-electron chi connectivity index (χ0n) is 13.4. The number of carbonyl (C=O) groups excluding carboxylic acids is 1. The first kappa shape index (κ1) is 16.7. The number of hydrogen-bond donors (Lipinski definition) is 1. The summed E-state index contributed by atoms with van der Waals surface area (Å²) in [6.45, 7) is 4.95. The van der Waals surface area contributed by atoms with Crippen molar-refractivity contribution in [3.05, 3.63) is 52.6 Å². The van der Waals surface area contributed by atoms with Crippen molar-refractivity contribution in [1.29, 1.82) is 0 Å². The van der Waals surface area contributed by atoms with Crippen molar-refractivity contribution >= 4 is 34.7 Å². The van der Waals surface area contributed by atoms with E-state index < -0.39 is 0 Å². The van der Waals surface area contributed by atoms with Crippen LogP contribution in [0.5, 0.6) is 0 Å². The van der Waals surface area contributed by atoms with E-state index in [0.29, 0.717) is 22.5 Å². The first-order valence-electron chi connectivity index (χ1n) is 7.57. The molecule has 0 aliphatic carbocycles. The maximum absolute atomic E-state index is 12.4. The second-order valence-corrected chi connectivity index (χ2v) is 7.09. The van der Waals surface area contributed by atoms with E-state index in [1.165, 1.54) is 11.3 Å². The van der Waals surface area contributed by atoms with E-state index in [0.717, 1.165) is 17.1 Å². The topological polar surface area (TPSA) is 59.8 Å². The number of nitrogens with one attached hydrogen (secondary N) is 1. The van der Waals surface area contributed by atoms with Crippen LogP contribution in [0.1, 0.15) is 24.3 Å². The Morgan fingerprint density at radius 2 is 2.21 bits per heavy atom. The lowest BCUT2D eigenvalue weighted by Gasteiger charge is -2.10. The minimum Gasteiger partial charge on any atom is -0.305 e. The van der Waals surface area contributed by atoms with E-state index in [9.17, 15) is 4.79 Å². The summed E-state index contributed by atoms with van der Waals surface area (Å²) in [5, 5.41) is 10.3. The molecule has 24 heavy (non-hydrogen) atoms. The van der Waals surface area contributed by atoms with Crippen molar-refractivity contribution in [2.45, 2.75) is 20.4 Å². The van der Waals surface area contributed by atoms with Crippen LogP contribution in [0.25, 0.3) is 10.6 Å². The van der Waals surface area contributed by atoms with Gasteiger partial charge in [0, 0.05) is 28.6 Å². The Labute approximate surface area is 149 Å². The predicted octanol–water partition coefficient (Wildman–Crippen LogP) is 4.57. The fourth-order valence-corrected chi connectivity index (χ4v) is 3.23. The van der Waals surface area contributed by atoms with Gasteiger partial charge in [0.1, 0.15) is 16.5 Å². The standard InChI is InChI=1S/C17H17ClN4OS/c1-11(2)9-22-15(6-7-19-22)21-16(23)14-10-24-17(20-14)12-4-3-5-13(18)8-12/h3-8,10-11H,9H2,1-2H3,(H,21,23). The highest BCUT2D eigenvalue weighted by atomic mass is 35.5. The Hall–Kier alpha value is -2.18. The molecule has 0 saturated carbocycles. The summed E-state index contributed by atoms with van der Waals surface area (Å²) in [7, 11) is 0. The quantitative estimate of drug-likeness (QED) is 0.725. The lowest BCUT2D eigenvalue weighted by atomic mass is 10.2. The van der Waals surface area contributed by atoms with Gasteiger partial charge < -0.3 is 5.32 Å². The van der Waals surface area contributed by atoms with Crippen LogP contribution in [0.2, 0.25) is 5.02 Å². The third kappa shape index (κ3) is 3.83. The molecule has 0 aliphatic rings. The van der Waals surface area contributed by atoms with Crippen LogP contribution in [-0.4, -0.2) is 20.7 Å². The molecule has 0 saturated heterocycles. The minimum absolute atomic E-state index is 0.245. The van der Waals surface area contributed by atoms with Gasteiger partial charge in [0.25, 0.3) is 5.91 Å². The summed E-state index contributed by atoms with van der Waals surface area (Å²) >= 11 is 7.42. The average molecular weight is 361 g/mol. The summed E-state index contributed by atoms with van der Waals surface area (Å²) in [4.78, 5) is 16.8. The average Bonchev–Trinajstić information content (AvgIpc) is 3.17. The Kier molecular flexibility index (Phi) is 4.97. The molecule has 1 aromatic carbocycles. The largest absolute Gasteiger partial charge is 0.305 e. The van der Waals surface area contributed by atoms with E-state index in [-0.39, 0.29) is 5.91 Å². The molecule has 0 spiro atoms. The van der Waals surface area contributed by atoms with E-state index in [4.69, 9.17) is 11.6 Å². The number of aromatic nitrogens is 3. The van der Waals surface area contributed by atoms with Gasteiger partial charge in [-0.1, -0.05) is 37.6 Å². The van der Waals surface area contributed by atoms with Crippen LogP contribution in [0, 0.1) is 5.92 Å². The molecular formula is C17H17ClN4OS. The summed E-state index contributed by atoms with van der Waals surface area (Å²) in [6.07, 6.45) is 1.68. The van der Waals surface area contributed by atoms with Gasteiger partial charge in [0.05, 0.1) is 6.20 Å². The van der Waals surface area contributed by atoms with Crippen molar-refractivity contribution in [1.82, 2.24) is 14.8 Å². The van der Waals surface area contributed by atoms with Crippen LogP contribution in [0.3, 0.4) is 0 Å². The Bertz CT molecular complexity index is 856. The van der Waals surface area contributed by atoms with E-state index in [1.807, 2.05) is 24.3 Å². The SMILES string of the molecule is CC(C)Cn1nccc1NC(=O)c1csc(-c2cccc(Cl)c2)n1. The minimum atomic E-state index is -0.245. The van der Waals surface area contributed by atoms with Crippen molar-refractivity contribution < 1.29 is 4.79 Å². The lowest BCUT2D eigenvalue weighted by Crippen LogP contribution is -2.17. The smallest absolute Gasteiger partial charge is 0.276 e. The number of hydrogen-bond acceptors (Lipinski definition) is 4. The van der Waals surface area contributed by atoms with Crippen LogP contribution in [-0.2, 0) is 6.54 Å². The van der Waals surface area contributed by atoms with Gasteiger partial charge in [-0.2, -0.15) is 5.10 Å².